The molecule has 1 unspecified atom stereocenters. The Labute approximate surface area is 113 Å². The van der Waals surface area contributed by atoms with Crippen molar-refractivity contribution in [3.8, 4) is 0 Å². The maximum absolute atomic E-state index is 11.8. The maximum atomic E-state index is 11.8. The van der Waals surface area contributed by atoms with Gasteiger partial charge in [0.15, 0.2) is 0 Å². The van der Waals surface area contributed by atoms with Gasteiger partial charge in [0.25, 0.3) is 0 Å². The first-order valence-corrected chi connectivity index (χ1v) is 7.41. The van der Waals surface area contributed by atoms with Crippen LogP contribution in [0.4, 0.5) is 0 Å². The Balaban J connectivity index is 2.82. The number of nitrogens with two attached hydrogens (primary N) is 1. The summed E-state index contributed by atoms with van der Waals surface area (Å²) >= 11 is 0. The molecule has 19 heavy (non-hydrogen) atoms. The standard InChI is InChI=1S/C13H18N2O3S/c1-10(2)12(13(14)16)15-19(17,18)9-8-11-6-4-3-5-7-11/h3-10,12,15H,1-2H3,(H2,14,16)/b9-8+. The summed E-state index contributed by atoms with van der Waals surface area (Å²) in [6, 6.07) is 8.09. The van der Waals surface area contributed by atoms with E-state index in [0.717, 1.165) is 11.0 Å². The monoisotopic (exact) mass is 282 g/mol. The van der Waals surface area contributed by atoms with Crippen LogP contribution in [0.3, 0.4) is 0 Å². The van der Waals surface area contributed by atoms with E-state index in [1.54, 1.807) is 38.1 Å². The highest BCUT2D eigenvalue weighted by molar-refractivity contribution is 7.92. The first-order chi connectivity index (χ1) is 8.82. The van der Waals surface area contributed by atoms with Crippen molar-refractivity contribution < 1.29 is 13.2 Å². The molecular formula is C13H18N2O3S. The van der Waals surface area contributed by atoms with E-state index in [-0.39, 0.29) is 5.92 Å². The first-order valence-electron chi connectivity index (χ1n) is 5.86. The molecule has 1 amide bonds. The van der Waals surface area contributed by atoms with Gasteiger partial charge in [-0.1, -0.05) is 44.2 Å². The fourth-order valence-electron chi connectivity index (χ4n) is 1.47. The zero-order chi connectivity index (χ0) is 14.5. The maximum Gasteiger partial charge on any atom is 0.235 e. The van der Waals surface area contributed by atoms with Crippen LogP contribution in [-0.4, -0.2) is 20.4 Å². The Morgan fingerprint density at radius 3 is 2.32 bits per heavy atom. The number of primary amides is 1. The Hall–Kier alpha value is -1.66. The number of rotatable bonds is 6. The van der Waals surface area contributed by atoms with Crippen molar-refractivity contribution in [2.75, 3.05) is 0 Å². The fourth-order valence-corrected chi connectivity index (χ4v) is 2.63. The number of benzene rings is 1. The van der Waals surface area contributed by atoms with Gasteiger partial charge in [0.1, 0.15) is 6.04 Å². The van der Waals surface area contributed by atoms with Crippen LogP contribution in [0, 0.1) is 5.92 Å². The highest BCUT2D eigenvalue weighted by Gasteiger charge is 2.23. The third-order valence-corrected chi connectivity index (χ3v) is 3.58. The average molecular weight is 282 g/mol. The van der Waals surface area contributed by atoms with Gasteiger partial charge < -0.3 is 5.73 Å². The number of carbonyl (C=O) groups excluding carboxylic acids is 1. The van der Waals surface area contributed by atoms with Crippen LogP contribution in [0.5, 0.6) is 0 Å². The van der Waals surface area contributed by atoms with Gasteiger partial charge in [0.2, 0.25) is 15.9 Å². The number of hydrogen-bond donors (Lipinski definition) is 2. The second-order valence-electron chi connectivity index (χ2n) is 4.50. The quantitative estimate of drug-likeness (QED) is 0.818. The molecule has 1 rings (SSSR count). The lowest BCUT2D eigenvalue weighted by Crippen LogP contribution is -2.46. The molecule has 0 spiro atoms. The molecule has 0 aliphatic heterocycles. The first kappa shape index (κ1) is 15.4. The van der Waals surface area contributed by atoms with E-state index >= 15 is 0 Å². The summed E-state index contributed by atoms with van der Waals surface area (Å²) < 4.78 is 25.9. The molecule has 0 saturated heterocycles. The molecule has 0 aromatic heterocycles. The normalized spacial score (nSPS) is 13.8. The topological polar surface area (TPSA) is 89.3 Å². The number of sulfonamides is 1. The minimum Gasteiger partial charge on any atom is -0.368 e. The molecular weight excluding hydrogens is 264 g/mol. The number of carbonyl (C=O) groups is 1. The number of nitrogens with one attached hydrogen (secondary N) is 1. The lowest BCUT2D eigenvalue weighted by atomic mass is 10.1. The van der Waals surface area contributed by atoms with Crippen molar-refractivity contribution >= 4 is 22.0 Å². The molecule has 0 saturated carbocycles. The second-order valence-corrected chi connectivity index (χ2v) is 6.10. The number of amides is 1. The van der Waals surface area contributed by atoms with E-state index in [4.69, 9.17) is 5.73 Å². The third-order valence-electron chi connectivity index (χ3n) is 2.50. The van der Waals surface area contributed by atoms with E-state index in [2.05, 4.69) is 4.72 Å². The summed E-state index contributed by atoms with van der Waals surface area (Å²) in [7, 11) is -3.70. The van der Waals surface area contributed by atoms with Gasteiger partial charge in [0.05, 0.1) is 0 Å². The van der Waals surface area contributed by atoms with Gasteiger partial charge in [-0.05, 0) is 17.6 Å². The molecule has 6 heteroatoms. The van der Waals surface area contributed by atoms with Crippen LogP contribution in [0.2, 0.25) is 0 Å². The number of hydrogen-bond acceptors (Lipinski definition) is 3. The summed E-state index contributed by atoms with van der Waals surface area (Å²) in [6.07, 6.45) is 1.46. The Bertz CT molecular complexity index is 551. The summed E-state index contributed by atoms with van der Waals surface area (Å²) in [4.78, 5) is 11.2. The third kappa shape index (κ3) is 5.23. The van der Waals surface area contributed by atoms with Crippen molar-refractivity contribution in [2.45, 2.75) is 19.9 Å². The van der Waals surface area contributed by atoms with Crippen molar-refractivity contribution in [3.05, 3.63) is 41.3 Å². The summed E-state index contributed by atoms with van der Waals surface area (Å²) in [5.41, 5.74) is 5.92. The van der Waals surface area contributed by atoms with Crippen LogP contribution in [0.15, 0.2) is 35.7 Å². The predicted octanol–water partition coefficient (Wildman–Crippen LogP) is 1.09. The van der Waals surface area contributed by atoms with Crippen molar-refractivity contribution in [1.29, 1.82) is 0 Å². The highest BCUT2D eigenvalue weighted by Crippen LogP contribution is 2.06. The molecule has 0 bridgehead atoms. The van der Waals surface area contributed by atoms with E-state index in [1.165, 1.54) is 6.08 Å². The van der Waals surface area contributed by atoms with E-state index in [9.17, 15) is 13.2 Å². The van der Waals surface area contributed by atoms with Crippen molar-refractivity contribution in [2.24, 2.45) is 11.7 Å². The minimum absolute atomic E-state index is 0.211. The molecule has 0 heterocycles. The Morgan fingerprint density at radius 2 is 1.84 bits per heavy atom. The molecule has 1 aromatic carbocycles. The van der Waals surface area contributed by atoms with Crippen LogP contribution in [0.1, 0.15) is 19.4 Å². The van der Waals surface area contributed by atoms with Crippen LogP contribution in [-0.2, 0) is 14.8 Å². The largest absolute Gasteiger partial charge is 0.368 e. The van der Waals surface area contributed by atoms with Gasteiger partial charge in [-0.25, -0.2) is 8.42 Å². The zero-order valence-corrected chi connectivity index (χ0v) is 11.7. The average Bonchev–Trinajstić information content (AvgIpc) is 2.34. The molecule has 0 fully saturated rings. The minimum atomic E-state index is -3.70. The zero-order valence-electron chi connectivity index (χ0n) is 10.9. The van der Waals surface area contributed by atoms with E-state index in [1.807, 2.05) is 6.07 Å². The Morgan fingerprint density at radius 1 is 1.26 bits per heavy atom. The van der Waals surface area contributed by atoms with Gasteiger partial charge >= 0.3 is 0 Å². The lowest BCUT2D eigenvalue weighted by molar-refractivity contribution is -0.120. The predicted molar refractivity (Wildman–Crippen MR) is 75.4 cm³/mol. The van der Waals surface area contributed by atoms with Crippen LogP contribution < -0.4 is 10.5 Å². The molecule has 1 atom stereocenters. The SMILES string of the molecule is CC(C)C(NS(=O)(=O)/C=C/c1ccccc1)C(N)=O. The molecule has 0 aliphatic rings. The van der Waals surface area contributed by atoms with Gasteiger partial charge in [-0.2, -0.15) is 4.72 Å². The smallest absolute Gasteiger partial charge is 0.235 e. The van der Waals surface area contributed by atoms with Crippen molar-refractivity contribution in [3.63, 3.8) is 0 Å². The Kier molecular flexibility index (Phi) is 5.26. The molecule has 0 aliphatic carbocycles. The van der Waals surface area contributed by atoms with Crippen LogP contribution in [0.25, 0.3) is 6.08 Å². The fraction of sp³-hybridized carbons (Fsp3) is 0.308. The van der Waals surface area contributed by atoms with Gasteiger partial charge in [0, 0.05) is 5.41 Å². The molecule has 5 nitrogen and oxygen atoms in total. The second kappa shape index (κ2) is 6.49. The summed E-state index contributed by atoms with van der Waals surface area (Å²) in [5, 5.41) is 1.03. The summed E-state index contributed by atoms with van der Waals surface area (Å²) in [6.45, 7) is 3.44. The van der Waals surface area contributed by atoms with Crippen LogP contribution >= 0.6 is 0 Å². The molecule has 3 N–H and O–H groups in total. The summed E-state index contributed by atoms with van der Waals surface area (Å²) in [5.74, 6) is -0.899. The molecule has 1 aromatic rings. The van der Waals surface area contributed by atoms with E-state index < -0.39 is 22.0 Å². The highest BCUT2D eigenvalue weighted by atomic mass is 32.2. The van der Waals surface area contributed by atoms with E-state index in [0.29, 0.717) is 0 Å². The van der Waals surface area contributed by atoms with Gasteiger partial charge in [-0.3, -0.25) is 4.79 Å². The molecule has 0 radical (unpaired) electrons. The van der Waals surface area contributed by atoms with Gasteiger partial charge in [-0.15, -0.1) is 0 Å². The molecule has 104 valence electrons. The lowest BCUT2D eigenvalue weighted by Gasteiger charge is -2.17. The van der Waals surface area contributed by atoms with Crippen molar-refractivity contribution in [1.82, 2.24) is 4.72 Å².